The van der Waals surface area contributed by atoms with Crippen LogP contribution in [-0.4, -0.2) is 55.6 Å². The van der Waals surface area contributed by atoms with Crippen LogP contribution in [-0.2, 0) is 6.42 Å². The number of piperidine rings is 1. The Hall–Kier alpha value is -1.35. The lowest BCUT2D eigenvalue weighted by Crippen LogP contribution is -2.40. The molecule has 0 unspecified atom stereocenters. The summed E-state index contributed by atoms with van der Waals surface area (Å²) in [6.07, 6.45) is 6.58. The van der Waals surface area contributed by atoms with E-state index in [0.717, 1.165) is 47.9 Å². The van der Waals surface area contributed by atoms with Crippen molar-refractivity contribution in [2.45, 2.75) is 32.6 Å². The molecule has 1 aromatic carbocycles. The highest BCUT2D eigenvalue weighted by Crippen LogP contribution is 2.20. The van der Waals surface area contributed by atoms with Crippen LogP contribution in [0.5, 0.6) is 0 Å². The van der Waals surface area contributed by atoms with Gasteiger partial charge in [-0.2, -0.15) is 0 Å². The molecule has 28 heavy (non-hydrogen) atoms. The molecule has 1 aliphatic heterocycles. The molecule has 2 aromatic rings. The lowest BCUT2D eigenvalue weighted by Gasteiger charge is -2.31. The number of guanidine groups is 1. The molecule has 2 heterocycles. The number of nitrogens with zero attached hydrogens (tertiary/aromatic N) is 2. The number of likely N-dealkylation sites (tertiary alicyclic amines) is 1. The highest BCUT2D eigenvalue weighted by atomic mass is 127. The third kappa shape index (κ3) is 6.34. The van der Waals surface area contributed by atoms with Crippen LogP contribution in [0.15, 0.2) is 29.4 Å². The molecule has 0 aliphatic carbocycles. The van der Waals surface area contributed by atoms with Crippen LogP contribution in [0.2, 0.25) is 0 Å². The Morgan fingerprint density at radius 3 is 2.71 bits per heavy atom. The van der Waals surface area contributed by atoms with E-state index in [1.807, 2.05) is 6.20 Å². The monoisotopic (exact) mass is 501 g/mol. The Morgan fingerprint density at radius 2 is 2.00 bits per heavy atom. The van der Waals surface area contributed by atoms with Crippen molar-refractivity contribution in [1.29, 1.82) is 0 Å². The van der Waals surface area contributed by atoms with Gasteiger partial charge in [-0.3, -0.25) is 4.99 Å². The average molecular weight is 501 g/mol. The van der Waals surface area contributed by atoms with Crippen molar-refractivity contribution < 1.29 is 4.39 Å². The second kappa shape index (κ2) is 11.6. The van der Waals surface area contributed by atoms with E-state index in [0.29, 0.717) is 0 Å². The first kappa shape index (κ1) is 22.9. The lowest BCUT2D eigenvalue weighted by molar-refractivity contribution is 0.187. The molecule has 0 amide bonds. The van der Waals surface area contributed by atoms with Crippen LogP contribution in [0.25, 0.3) is 10.9 Å². The highest BCUT2D eigenvalue weighted by Gasteiger charge is 2.17. The molecular weight excluding hydrogens is 468 g/mol. The summed E-state index contributed by atoms with van der Waals surface area (Å²) in [5.41, 5.74) is 2.10. The largest absolute Gasteiger partial charge is 0.361 e. The molecule has 0 atom stereocenters. The van der Waals surface area contributed by atoms with E-state index in [2.05, 4.69) is 32.4 Å². The quantitative estimate of drug-likeness (QED) is 0.308. The minimum Gasteiger partial charge on any atom is -0.361 e. The molecule has 5 nitrogen and oxygen atoms in total. The molecule has 1 aliphatic rings. The number of aromatic nitrogens is 1. The van der Waals surface area contributed by atoms with Crippen molar-refractivity contribution in [3.63, 3.8) is 0 Å². The zero-order valence-corrected chi connectivity index (χ0v) is 19.3. The van der Waals surface area contributed by atoms with Gasteiger partial charge in [0.25, 0.3) is 0 Å². The van der Waals surface area contributed by atoms with Gasteiger partial charge in [0.15, 0.2) is 5.96 Å². The van der Waals surface area contributed by atoms with Gasteiger partial charge in [-0.05, 0) is 75.0 Å². The molecule has 1 saturated heterocycles. The predicted molar refractivity (Wildman–Crippen MR) is 126 cm³/mol. The zero-order chi connectivity index (χ0) is 19.1. The number of benzene rings is 1. The number of aromatic amines is 1. The van der Waals surface area contributed by atoms with Crippen molar-refractivity contribution >= 4 is 40.8 Å². The number of H-pyrrole nitrogens is 1. The van der Waals surface area contributed by atoms with Crippen LogP contribution < -0.4 is 10.6 Å². The summed E-state index contributed by atoms with van der Waals surface area (Å²) in [4.78, 5) is 10.0. The molecule has 3 rings (SSSR count). The fraction of sp³-hybridized carbons (Fsp3) is 0.571. The van der Waals surface area contributed by atoms with Gasteiger partial charge in [-0.15, -0.1) is 24.0 Å². The number of hydrogen-bond donors (Lipinski definition) is 3. The van der Waals surface area contributed by atoms with Crippen molar-refractivity contribution in [3.8, 4) is 0 Å². The van der Waals surface area contributed by atoms with Crippen LogP contribution in [0, 0.1) is 11.7 Å². The van der Waals surface area contributed by atoms with Crippen LogP contribution in [0.3, 0.4) is 0 Å². The van der Waals surface area contributed by atoms with Gasteiger partial charge in [0.2, 0.25) is 0 Å². The van der Waals surface area contributed by atoms with Crippen molar-refractivity contribution in [2.24, 2.45) is 10.9 Å². The molecule has 0 bridgehead atoms. The maximum absolute atomic E-state index is 13.5. The van der Waals surface area contributed by atoms with Crippen molar-refractivity contribution in [2.75, 3.05) is 39.8 Å². The number of hydrogen-bond acceptors (Lipinski definition) is 2. The first-order valence-electron chi connectivity index (χ1n) is 10.1. The molecule has 1 fully saturated rings. The first-order chi connectivity index (χ1) is 13.2. The minimum atomic E-state index is -0.196. The average Bonchev–Trinajstić information content (AvgIpc) is 3.09. The van der Waals surface area contributed by atoms with E-state index in [4.69, 9.17) is 0 Å². The first-order valence-corrected chi connectivity index (χ1v) is 10.1. The summed E-state index contributed by atoms with van der Waals surface area (Å²) in [7, 11) is 1.80. The Labute approximate surface area is 184 Å². The maximum atomic E-state index is 13.5. The molecule has 156 valence electrons. The predicted octanol–water partition coefficient (Wildman–Crippen LogP) is 3.75. The van der Waals surface area contributed by atoms with Crippen LogP contribution >= 0.6 is 24.0 Å². The summed E-state index contributed by atoms with van der Waals surface area (Å²) in [6.45, 7) is 7.60. The number of nitrogens with one attached hydrogen (secondary N) is 3. The number of aliphatic imine (C=N–C) groups is 1. The van der Waals surface area contributed by atoms with Gasteiger partial charge in [-0.25, -0.2) is 4.39 Å². The van der Waals surface area contributed by atoms with Gasteiger partial charge in [-0.1, -0.05) is 6.92 Å². The van der Waals surface area contributed by atoms with Crippen molar-refractivity contribution in [1.82, 2.24) is 20.5 Å². The summed E-state index contributed by atoms with van der Waals surface area (Å²) in [5, 5.41) is 7.75. The molecule has 1 aromatic heterocycles. The second-order valence-corrected chi connectivity index (χ2v) is 7.35. The van der Waals surface area contributed by atoms with Gasteiger partial charge in [0.05, 0.1) is 0 Å². The lowest BCUT2D eigenvalue weighted by atomic mass is 9.93. The Bertz CT molecular complexity index is 752. The molecule has 0 saturated carbocycles. The van der Waals surface area contributed by atoms with E-state index in [1.165, 1.54) is 45.0 Å². The number of fused-ring (bicyclic) bond motifs is 1. The van der Waals surface area contributed by atoms with Gasteiger partial charge in [0.1, 0.15) is 5.82 Å². The fourth-order valence-electron chi connectivity index (χ4n) is 3.88. The van der Waals surface area contributed by atoms with E-state index in [9.17, 15) is 4.39 Å². The Kier molecular flexibility index (Phi) is 9.50. The SMILES string of the molecule is CCN1CCC(CCNC(=NC)NCCc2c[nH]c3ccc(F)cc23)CC1.I. The summed E-state index contributed by atoms with van der Waals surface area (Å²) in [6, 6.07) is 4.86. The van der Waals surface area contributed by atoms with Crippen LogP contribution in [0.1, 0.15) is 31.7 Å². The summed E-state index contributed by atoms with van der Waals surface area (Å²) < 4.78 is 13.5. The third-order valence-corrected chi connectivity index (χ3v) is 5.64. The van der Waals surface area contributed by atoms with E-state index in [1.54, 1.807) is 19.2 Å². The Balaban J connectivity index is 0.00000280. The highest BCUT2D eigenvalue weighted by molar-refractivity contribution is 14.0. The molecular formula is C21H33FIN5. The molecule has 7 heteroatoms. The number of halogens is 2. The van der Waals surface area contributed by atoms with Crippen LogP contribution in [0.4, 0.5) is 4.39 Å². The fourth-order valence-corrected chi connectivity index (χ4v) is 3.88. The van der Waals surface area contributed by atoms with Gasteiger partial charge in [0, 0.05) is 37.2 Å². The van der Waals surface area contributed by atoms with E-state index >= 15 is 0 Å². The zero-order valence-electron chi connectivity index (χ0n) is 16.9. The van der Waals surface area contributed by atoms with E-state index < -0.39 is 0 Å². The minimum absolute atomic E-state index is 0. The van der Waals surface area contributed by atoms with Crippen molar-refractivity contribution in [3.05, 3.63) is 35.8 Å². The molecule has 0 spiro atoms. The third-order valence-electron chi connectivity index (χ3n) is 5.64. The number of rotatable bonds is 7. The Morgan fingerprint density at radius 1 is 1.25 bits per heavy atom. The smallest absolute Gasteiger partial charge is 0.190 e. The maximum Gasteiger partial charge on any atom is 0.190 e. The standard InChI is InChI=1S/C21H32FN5.HI/c1-3-27-12-8-16(9-13-27)6-10-24-21(23-2)25-11-7-17-15-26-20-5-4-18(22)14-19(17)20;/h4-5,14-16,26H,3,6-13H2,1-2H3,(H2,23,24,25);1H. The molecule has 0 radical (unpaired) electrons. The van der Waals surface area contributed by atoms with E-state index in [-0.39, 0.29) is 29.8 Å². The topological polar surface area (TPSA) is 55.4 Å². The summed E-state index contributed by atoms with van der Waals surface area (Å²) in [5.74, 6) is 1.46. The second-order valence-electron chi connectivity index (χ2n) is 7.35. The molecule has 3 N–H and O–H groups in total. The van der Waals surface area contributed by atoms with Gasteiger partial charge < -0.3 is 20.5 Å². The normalized spacial score (nSPS) is 16.2. The summed E-state index contributed by atoms with van der Waals surface area (Å²) >= 11 is 0. The van der Waals surface area contributed by atoms with Gasteiger partial charge >= 0.3 is 0 Å².